The summed E-state index contributed by atoms with van der Waals surface area (Å²) in [6.07, 6.45) is 0. The number of nitrogens with zero attached hydrogens (tertiary/aromatic N) is 5. The molecule has 0 aliphatic carbocycles. The van der Waals surface area contributed by atoms with Crippen LogP contribution in [0.5, 0.6) is 0 Å². The standard InChI is InChI=1S/C30H75N5O5Si5/c1-26(2,3)41(31(16)17)36-42(32(18)19,27(4,5)6)38-44(34(22)23,29(10,11)12)40-45(35(24)25,30(13,14)15)39-43(37-41,33(20)21)28(7,8)9/h1-25H3. The molecule has 270 valence electrons. The molecule has 15 heteroatoms. The van der Waals surface area contributed by atoms with Crippen LogP contribution in [-0.2, 0) is 20.6 Å². The lowest BCUT2D eigenvalue weighted by Gasteiger charge is -2.64. The molecule has 1 aliphatic heterocycles. The first-order valence-electron chi connectivity index (χ1n) is 16.4. The summed E-state index contributed by atoms with van der Waals surface area (Å²) >= 11 is 0. The van der Waals surface area contributed by atoms with E-state index in [-0.39, 0.29) is 0 Å². The maximum atomic E-state index is 8.01. The van der Waals surface area contributed by atoms with Gasteiger partial charge in [0.15, 0.2) is 0 Å². The van der Waals surface area contributed by atoms with Crippen molar-refractivity contribution < 1.29 is 20.6 Å². The van der Waals surface area contributed by atoms with Gasteiger partial charge in [0.1, 0.15) is 0 Å². The molecule has 1 rings (SSSR count). The molecule has 0 unspecified atom stereocenters. The molecule has 1 fully saturated rings. The van der Waals surface area contributed by atoms with Crippen molar-refractivity contribution in [1.82, 2.24) is 22.8 Å². The van der Waals surface area contributed by atoms with Crippen molar-refractivity contribution in [3.05, 3.63) is 0 Å². The second-order valence-electron chi connectivity index (χ2n) is 19.1. The van der Waals surface area contributed by atoms with E-state index in [2.05, 4.69) is 197 Å². The van der Waals surface area contributed by atoms with Gasteiger partial charge >= 0.3 is 43.6 Å². The van der Waals surface area contributed by atoms with Crippen LogP contribution in [0.15, 0.2) is 0 Å². The van der Waals surface area contributed by atoms with Gasteiger partial charge in [0, 0.05) is 25.2 Å². The highest BCUT2D eigenvalue weighted by atomic mass is 28.5. The van der Waals surface area contributed by atoms with Crippen LogP contribution in [0.4, 0.5) is 0 Å². The Balaban J connectivity index is 4.98. The summed E-state index contributed by atoms with van der Waals surface area (Å²) in [6, 6.07) is 0. The summed E-state index contributed by atoms with van der Waals surface area (Å²) < 4.78 is 51.3. The zero-order chi connectivity index (χ0) is 36.4. The SMILES string of the molecule is CN(C)[Si]1(C(C)(C)C)O[Si](N(C)C)(C(C)(C)C)O[Si](N(C)C)(C(C)(C)C)O[Si](N(C)C)(C(C)(C)C)O[Si](N(C)C)(C(C)(C)C)O1. The molecule has 45 heavy (non-hydrogen) atoms. The second kappa shape index (κ2) is 13.1. The average Bonchev–Trinajstić information content (AvgIpc) is 2.76. The van der Waals surface area contributed by atoms with Gasteiger partial charge in [-0.25, -0.2) is 0 Å². The highest BCUT2D eigenvalue weighted by molar-refractivity contribution is 6.95. The maximum absolute atomic E-state index is 8.01. The molecule has 0 N–H and O–H groups in total. The van der Waals surface area contributed by atoms with Crippen LogP contribution in [0.3, 0.4) is 0 Å². The van der Waals surface area contributed by atoms with Crippen molar-refractivity contribution in [2.45, 2.75) is 129 Å². The molecule has 0 aromatic rings. The fraction of sp³-hybridized carbons (Fsp3) is 1.00. The number of rotatable bonds is 5. The molecule has 0 spiro atoms. The molecule has 0 bridgehead atoms. The lowest BCUT2D eigenvalue weighted by Crippen LogP contribution is -2.86. The van der Waals surface area contributed by atoms with E-state index in [9.17, 15) is 0 Å². The molecule has 0 amide bonds. The molecule has 1 saturated heterocycles. The van der Waals surface area contributed by atoms with E-state index in [0.717, 1.165) is 0 Å². The Morgan fingerprint density at radius 3 is 0.378 bits per heavy atom. The van der Waals surface area contributed by atoms with Gasteiger partial charge in [-0.3, -0.25) is 22.8 Å². The fourth-order valence-electron chi connectivity index (χ4n) is 6.84. The largest absolute Gasteiger partial charge is 0.417 e. The van der Waals surface area contributed by atoms with E-state index < -0.39 is 68.8 Å². The van der Waals surface area contributed by atoms with Gasteiger partial charge in [-0.2, -0.15) is 0 Å². The van der Waals surface area contributed by atoms with Crippen molar-refractivity contribution in [3.63, 3.8) is 0 Å². The Morgan fingerprint density at radius 2 is 0.333 bits per heavy atom. The molecule has 0 aromatic heterocycles. The summed E-state index contributed by atoms with van der Waals surface area (Å²) in [6.45, 7) is 33.9. The van der Waals surface area contributed by atoms with Crippen molar-refractivity contribution in [3.8, 4) is 0 Å². The van der Waals surface area contributed by atoms with E-state index in [0.29, 0.717) is 0 Å². The minimum absolute atomic E-state index is 0.392. The number of hydrogen-bond donors (Lipinski definition) is 0. The summed E-state index contributed by atoms with van der Waals surface area (Å²) in [5, 5.41) is -1.96. The molecule has 1 aliphatic rings. The van der Waals surface area contributed by atoms with Crippen LogP contribution < -0.4 is 0 Å². The molecule has 1 heterocycles. The van der Waals surface area contributed by atoms with Crippen LogP contribution in [-0.4, -0.2) is 137 Å². The van der Waals surface area contributed by atoms with Gasteiger partial charge in [-0.1, -0.05) is 104 Å². The maximum Gasteiger partial charge on any atom is 0.417 e. The van der Waals surface area contributed by atoms with Gasteiger partial charge in [0.05, 0.1) is 0 Å². The third kappa shape index (κ3) is 7.29. The topological polar surface area (TPSA) is 62.3 Å². The third-order valence-electron chi connectivity index (χ3n) is 9.07. The fourth-order valence-corrected chi connectivity index (χ4v) is 43.3. The molecule has 0 aromatic carbocycles. The Morgan fingerprint density at radius 1 is 0.244 bits per heavy atom. The molecule has 0 radical (unpaired) electrons. The quantitative estimate of drug-likeness (QED) is 0.291. The molecular weight excluding hydrogens is 651 g/mol. The van der Waals surface area contributed by atoms with Gasteiger partial charge < -0.3 is 20.6 Å². The highest BCUT2D eigenvalue weighted by Crippen LogP contribution is 2.58. The smallest absolute Gasteiger partial charge is 0.391 e. The first-order valence-corrected chi connectivity index (χ1v) is 25.2. The molecule has 0 saturated carbocycles. The normalized spacial score (nSPS) is 34.0. The van der Waals surface area contributed by atoms with E-state index >= 15 is 0 Å². The van der Waals surface area contributed by atoms with E-state index in [1.165, 1.54) is 0 Å². The van der Waals surface area contributed by atoms with Crippen molar-refractivity contribution in [2.24, 2.45) is 0 Å². The zero-order valence-corrected chi connectivity index (χ0v) is 39.3. The van der Waals surface area contributed by atoms with Crippen LogP contribution in [0.1, 0.15) is 104 Å². The second-order valence-corrected chi connectivity index (χ2v) is 41.0. The van der Waals surface area contributed by atoms with Crippen LogP contribution in [0.2, 0.25) is 25.2 Å². The Labute approximate surface area is 285 Å². The molecular formula is C30H75N5O5Si5. The van der Waals surface area contributed by atoms with Crippen molar-refractivity contribution in [1.29, 1.82) is 0 Å². The van der Waals surface area contributed by atoms with Gasteiger partial charge in [-0.05, 0) is 70.5 Å². The summed E-state index contributed by atoms with van der Waals surface area (Å²) in [5.41, 5.74) is 0. The van der Waals surface area contributed by atoms with Gasteiger partial charge in [0.2, 0.25) is 0 Å². The van der Waals surface area contributed by atoms with E-state index in [1.807, 2.05) is 0 Å². The lowest BCUT2D eigenvalue weighted by molar-refractivity contribution is 0.0786. The van der Waals surface area contributed by atoms with Crippen molar-refractivity contribution in [2.75, 3.05) is 70.5 Å². The average molecular weight is 726 g/mol. The van der Waals surface area contributed by atoms with E-state index in [1.54, 1.807) is 0 Å². The van der Waals surface area contributed by atoms with Crippen molar-refractivity contribution >= 4 is 43.6 Å². The Bertz CT molecular complexity index is 813. The predicted molar refractivity (Wildman–Crippen MR) is 201 cm³/mol. The van der Waals surface area contributed by atoms with Gasteiger partial charge in [0.25, 0.3) is 0 Å². The summed E-state index contributed by atoms with van der Waals surface area (Å²) in [4.78, 5) is 0. The summed E-state index contributed by atoms with van der Waals surface area (Å²) in [5.74, 6) is 0. The van der Waals surface area contributed by atoms with Gasteiger partial charge in [-0.15, -0.1) is 0 Å². The van der Waals surface area contributed by atoms with Crippen LogP contribution in [0.25, 0.3) is 0 Å². The van der Waals surface area contributed by atoms with Crippen LogP contribution >= 0.6 is 0 Å². The molecule has 0 atom stereocenters. The van der Waals surface area contributed by atoms with Crippen LogP contribution in [0, 0.1) is 0 Å². The number of hydrogen-bond acceptors (Lipinski definition) is 10. The first-order chi connectivity index (χ1) is 19.5. The lowest BCUT2D eigenvalue weighted by atomic mass is 10.3. The minimum atomic E-state index is -3.45. The predicted octanol–water partition coefficient (Wildman–Crippen LogP) is 6.59. The monoisotopic (exact) mass is 725 g/mol. The Kier molecular flexibility index (Phi) is 12.7. The minimum Gasteiger partial charge on any atom is -0.391 e. The summed E-state index contributed by atoms with van der Waals surface area (Å²) in [7, 11) is 3.94. The highest BCUT2D eigenvalue weighted by Gasteiger charge is 2.77. The van der Waals surface area contributed by atoms with E-state index in [4.69, 9.17) is 20.6 Å². The molecule has 10 nitrogen and oxygen atoms in total. The first kappa shape index (κ1) is 43.7. The zero-order valence-electron chi connectivity index (χ0n) is 34.3. The Hall–Kier alpha value is 0.684. The third-order valence-corrected chi connectivity index (χ3v) is 35.5.